The van der Waals surface area contributed by atoms with E-state index in [2.05, 4.69) is 20.7 Å². The maximum atomic E-state index is 11.7. The Labute approximate surface area is 95.3 Å². The van der Waals surface area contributed by atoms with Crippen LogP contribution in [0, 0.1) is 0 Å². The molecule has 15 heavy (non-hydrogen) atoms. The molecule has 0 aromatic heterocycles. The Kier molecular flexibility index (Phi) is 5.57. The van der Waals surface area contributed by atoms with Gasteiger partial charge in [0.2, 0.25) is 0 Å². The first-order chi connectivity index (χ1) is 7.18. The zero-order valence-electron chi connectivity index (χ0n) is 7.96. The van der Waals surface area contributed by atoms with Crippen molar-refractivity contribution >= 4 is 15.9 Å². The van der Waals surface area contributed by atoms with Crippen molar-refractivity contribution < 1.29 is 18.3 Å². The molecule has 1 aromatic rings. The van der Waals surface area contributed by atoms with Crippen molar-refractivity contribution in [3.63, 3.8) is 0 Å². The summed E-state index contributed by atoms with van der Waals surface area (Å²) in [5.41, 5.74) is 0. The van der Waals surface area contributed by atoms with Crippen LogP contribution in [0.5, 0.6) is 5.75 Å². The Bertz CT molecular complexity index is 295. The lowest BCUT2D eigenvalue weighted by Gasteiger charge is -2.06. The van der Waals surface area contributed by atoms with Crippen molar-refractivity contribution in [3.05, 3.63) is 28.7 Å². The van der Waals surface area contributed by atoms with Gasteiger partial charge in [0.1, 0.15) is 19.0 Å². The van der Waals surface area contributed by atoms with Crippen LogP contribution >= 0.6 is 15.9 Å². The van der Waals surface area contributed by atoms with Gasteiger partial charge in [-0.2, -0.15) is 0 Å². The monoisotopic (exact) mass is 280 g/mol. The van der Waals surface area contributed by atoms with E-state index in [1.807, 2.05) is 12.1 Å². The topological polar surface area (TPSA) is 18.5 Å². The van der Waals surface area contributed by atoms with Gasteiger partial charge in [-0.1, -0.05) is 22.0 Å². The first-order valence-corrected chi connectivity index (χ1v) is 5.22. The summed E-state index contributed by atoms with van der Waals surface area (Å²) < 4.78 is 34.2. The molecule has 0 saturated heterocycles. The molecule has 2 nitrogen and oxygen atoms in total. The van der Waals surface area contributed by atoms with Gasteiger partial charge in [0.15, 0.2) is 0 Å². The van der Waals surface area contributed by atoms with Crippen molar-refractivity contribution in [3.8, 4) is 5.75 Å². The average molecular weight is 281 g/mol. The van der Waals surface area contributed by atoms with Crippen LogP contribution in [0.3, 0.4) is 0 Å². The molecule has 0 spiro atoms. The number of hydrogen-bond donors (Lipinski definition) is 0. The van der Waals surface area contributed by atoms with Gasteiger partial charge >= 0.3 is 0 Å². The van der Waals surface area contributed by atoms with Gasteiger partial charge in [-0.25, -0.2) is 8.78 Å². The second-order valence-corrected chi connectivity index (χ2v) is 3.69. The molecule has 1 aromatic carbocycles. The van der Waals surface area contributed by atoms with Crippen molar-refractivity contribution in [1.82, 2.24) is 0 Å². The van der Waals surface area contributed by atoms with Crippen molar-refractivity contribution in [1.29, 1.82) is 0 Å². The van der Waals surface area contributed by atoms with Crippen LogP contribution in [-0.4, -0.2) is 26.2 Å². The summed E-state index contributed by atoms with van der Waals surface area (Å²) in [5.74, 6) is 0.685. The smallest absolute Gasteiger partial charge is 0.261 e. The van der Waals surface area contributed by atoms with Gasteiger partial charge in [0.05, 0.1) is 6.61 Å². The van der Waals surface area contributed by atoms with Crippen LogP contribution in [0.15, 0.2) is 28.7 Å². The lowest BCUT2D eigenvalue weighted by atomic mass is 10.3. The SMILES string of the molecule is FC(F)COCCOc1cccc(Br)c1. The molecule has 1 rings (SSSR count). The molecule has 0 radical (unpaired) electrons. The number of hydrogen-bond acceptors (Lipinski definition) is 2. The molecule has 84 valence electrons. The average Bonchev–Trinajstić information content (AvgIpc) is 2.17. The predicted octanol–water partition coefficient (Wildman–Crippen LogP) is 3.11. The van der Waals surface area contributed by atoms with Gasteiger partial charge in [0, 0.05) is 4.47 Å². The highest BCUT2D eigenvalue weighted by Gasteiger charge is 2.01. The van der Waals surface area contributed by atoms with Crippen molar-refractivity contribution in [2.24, 2.45) is 0 Å². The normalized spacial score (nSPS) is 10.7. The molecular formula is C10H11BrF2O2. The fourth-order valence-electron chi connectivity index (χ4n) is 0.948. The lowest BCUT2D eigenvalue weighted by Crippen LogP contribution is -2.11. The van der Waals surface area contributed by atoms with Crippen LogP contribution < -0.4 is 4.74 Å². The zero-order valence-corrected chi connectivity index (χ0v) is 9.54. The fourth-order valence-corrected chi connectivity index (χ4v) is 1.33. The molecule has 0 heterocycles. The summed E-state index contributed by atoms with van der Waals surface area (Å²) in [5, 5.41) is 0. The number of benzene rings is 1. The van der Waals surface area contributed by atoms with E-state index in [1.54, 1.807) is 12.1 Å². The van der Waals surface area contributed by atoms with Gasteiger partial charge in [-0.15, -0.1) is 0 Å². The molecule has 0 fully saturated rings. The second kappa shape index (κ2) is 6.74. The molecule has 5 heteroatoms. The summed E-state index contributed by atoms with van der Waals surface area (Å²) in [7, 11) is 0. The Morgan fingerprint density at radius 2 is 2.07 bits per heavy atom. The Morgan fingerprint density at radius 1 is 1.27 bits per heavy atom. The highest BCUT2D eigenvalue weighted by Crippen LogP contribution is 2.17. The maximum absolute atomic E-state index is 11.7. The quantitative estimate of drug-likeness (QED) is 0.746. The number of ether oxygens (including phenoxy) is 2. The minimum atomic E-state index is -2.42. The van der Waals surface area contributed by atoms with Gasteiger partial charge in [-0.3, -0.25) is 0 Å². The molecule has 0 saturated carbocycles. The molecule has 0 aliphatic rings. The first-order valence-electron chi connectivity index (χ1n) is 4.43. The third kappa shape index (κ3) is 5.69. The molecule has 0 amide bonds. The standard InChI is InChI=1S/C10H11BrF2O2/c11-8-2-1-3-9(6-8)15-5-4-14-7-10(12)13/h1-3,6,10H,4-5,7H2. The largest absolute Gasteiger partial charge is 0.491 e. The minimum absolute atomic E-state index is 0.164. The van der Waals surface area contributed by atoms with E-state index in [4.69, 9.17) is 4.74 Å². The molecule has 0 atom stereocenters. The van der Waals surface area contributed by atoms with Gasteiger partial charge < -0.3 is 9.47 Å². The zero-order chi connectivity index (χ0) is 11.1. The summed E-state index contributed by atoms with van der Waals surface area (Å²) in [6, 6.07) is 7.30. The predicted molar refractivity (Wildman–Crippen MR) is 56.5 cm³/mol. The van der Waals surface area contributed by atoms with E-state index in [-0.39, 0.29) is 13.2 Å². The van der Waals surface area contributed by atoms with E-state index >= 15 is 0 Å². The van der Waals surface area contributed by atoms with Crippen LogP contribution in [0.25, 0.3) is 0 Å². The Hall–Kier alpha value is -0.680. The van der Waals surface area contributed by atoms with E-state index in [0.29, 0.717) is 5.75 Å². The highest BCUT2D eigenvalue weighted by molar-refractivity contribution is 9.10. The van der Waals surface area contributed by atoms with Crippen molar-refractivity contribution in [2.75, 3.05) is 19.8 Å². The number of rotatable bonds is 6. The molecule has 0 N–H and O–H groups in total. The fraction of sp³-hybridized carbons (Fsp3) is 0.400. The van der Waals surface area contributed by atoms with E-state index in [1.165, 1.54) is 0 Å². The third-order valence-corrected chi connectivity index (χ3v) is 2.03. The molecule has 0 aliphatic heterocycles. The van der Waals surface area contributed by atoms with E-state index in [9.17, 15) is 8.78 Å². The van der Waals surface area contributed by atoms with Gasteiger partial charge in [-0.05, 0) is 18.2 Å². The summed E-state index contributed by atoms with van der Waals surface area (Å²) >= 11 is 3.29. The Balaban J connectivity index is 2.15. The minimum Gasteiger partial charge on any atom is -0.491 e. The summed E-state index contributed by atoms with van der Waals surface area (Å²) in [4.78, 5) is 0. The molecule has 0 aliphatic carbocycles. The first kappa shape index (κ1) is 12.4. The van der Waals surface area contributed by atoms with Crippen LogP contribution in [0.1, 0.15) is 0 Å². The summed E-state index contributed by atoms with van der Waals surface area (Å²) in [6.45, 7) is -0.109. The van der Waals surface area contributed by atoms with Crippen molar-refractivity contribution in [2.45, 2.75) is 6.43 Å². The molecular weight excluding hydrogens is 270 g/mol. The number of alkyl halides is 2. The molecule has 0 bridgehead atoms. The van der Waals surface area contributed by atoms with E-state index < -0.39 is 13.0 Å². The van der Waals surface area contributed by atoms with Crippen LogP contribution in [-0.2, 0) is 4.74 Å². The highest BCUT2D eigenvalue weighted by atomic mass is 79.9. The second-order valence-electron chi connectivity index (χ2n) is 2.77. The lowest BCUT2D eigenvalue weighted by molar-refractivity contribution is 0.00763. The number of halogens is 3. The maximum Gasteiger partial charge on any atom is 0.261 e. The van der Waals surface area contributed by atoms with Crippen LogP contribution in [0.2, 0.25) is 0 Å². The summed E-state index contributed by atoms with van der Waals surface area (Å²) in [6.07, 6.45) is -2.42. The van der Waals surface area contributed by atoms with Crippen LogP contribution in [0.4, 0.5) is 8.78 Å². The molecule has 0 unspecified atom stereocenters. The third-order valence-electron chi connectivity index (χ3n) is 1.54. The van der Waals surface area contributed by atoms with E-state index in [0.717, 1.165) is 4.47 Å². The van der Waals surface area contributed by atoms with Gasteiger partial charge in [0.25, 0.3) is 6.43 Å². The Morgan fingerprint density at radius 3 is 2.73 bits per heavy atom.